The van der Waals surface area contributed by atoms with Crippen molar-refractivity contribution in [1.82, 2.24) is 20.2 Å². The van der Waals surface area contributed by atoms with Gasteiger partial charge in [0.2, 0.25) is 0 Å². The van der Waals surface area contributed by atoms with Crippen molar-refractivity contribution in [1.29, 1.82) is 0 Å². The second kappa shape index (κ2) is 11.0. The van der Waals surface area contributed by atoms with E-state index >= 15 is 0 Å². The first-order valence-corrected chi connectivity index (χ1v) is 11.9. The molecule has 0 unspecified atom stereocenters. The Labute approximate surface area is 209 Å². The lowest BCUT2D eigenvalue weighted by molar-refractivity contribution is -0.0718. The number of nitrogens with zero attached hydrogens (tertiary/aromatic N) is 3. The normalized spacial score (nSPS) is 17.3. The number of aromatic nitrogens is 2. The number of alkyl carbamates (subject to hydrolysis) is 1. The van der Waals surface area contributed by atoms with Crippen molar-refractivity contribution in [3.8, 4) is 5.75 Å². The average Bonchev–Trinajstić information content (AvgIpc) is 2.78. The summed E-state index contributed by atoms with van der Waals surface area (Å²) in [7, 11) is 0. The van der Waals surface area contributed by atoms with E-state index in [0.717, 1.165) is 4.90 Å². The number of carbonyl (C=O) groups excluding carboxylic acids is 2. The van der Waals surface area contributed by atoms with Gasteiger partial charge >= 0.3 is 6.09 Å². The first-order chi connectivity index (χ1) is 16.9. The number of anilines is 2. The van der Waals surface area contributed by atoms with Gasteiger partial charge in [-0.05, 0) is 58.7 Å². The number of alkyl halides is 2. The van der Waals surface area contributed by atoms with Crippen LogP contribution in [-0.2, 0) is 4.74 Å². The minimum absolute atomic E-state index is 0.0120. The highest BCUT2D eigenvalue weighted by atomic mass is 19.3. The van der Waals surface area contributed by atoms with Crippen LogP contribution in [0.4, 0.5) is 25.2 Å². The molecule has 0 bridgehead atoms. The highest BCUT2D eigenvalue weighted by Gasteiger charge is 2.43. The number of aryl methyl sites for hydroxylation is 1. The van der Waals surface area contributed by atoms with Gasteiger partial charge in [0.1, 0.15) is 28.7 Å². The Balaban J connectivity index is 1.79. The minimum atomic E-state index is -3.04. The van der Waals surface area contributed by atoms with Gasteiger partial charge in [0.05, 0.1) is 19.2 Å². The fraction of sp³-hybridized carbons (Fsp3) is 0.520. The number of halogens is 2. The van der Waals surface area contributed by atoms with Gasteiger partial charge < -0.3 is 25.0 Å². The number of ether oxygens (including phenoxy) is 2. The summed E-state index contributed by atoms with van der Waals surface area (Å²) in [6, 6.07) is 6.13. The zero-order valence-electron chi connectivity index (χ0n) is 21.2. The van der Waals surface area contributed by atoms with E-state index in [-0.39, 0.29) is 25.1 Å². The van der Waals surface area contributed by atoms with Gasteiger partial charge in [-0.1, -0.05) is 6.07 Å². The maximum atomic E-state index is 14.3. The van der Waals surface area contributed by atoms with E-state index in [1.807, 2.05) is 6.92 Å². The van der Waals surface area contributed by atoms with Crippen LogP contribution in [0.5, 0.6) is 5.75 Å². The number of rotatable bonds is 7. The predicted octanol–water partition coefficient (Wildman–Crippen LogP) is 4.69. The number of nitrogens with one attached hydrogen (secondary N) is 2. The van der Waals surface area contributed by atoms with Crippen molar-refractivity contribution in [2.75, 3.05) is 25.0 Å². The van der Waals surface area contributed by atoms with Crippen LogP contribution >= 0.6 is 0 Å². The molecule has 1 atom stereocenters. The van der Waals surface area contributed by atoms with Gasteiger partial charge in [0.15, 0.2) is 0 Å². The van der Waals surface area contributed by atoms with Crippen molar-refractivity contribution in [3.05, 3.63) is 41.7 Å². The summed E-state index contributed by atoms with van der Waals surface area (Å²) < 4.78 is 39.4. The van der Waals surface area contributed by atoms with Crippen LogP contribution in [0, 0.1) is 6.92 Å². The van der Waals surface area contributed by atoms with Crippen LogP contribution in [0.3, 0.4) is 0 Å². The summed E-state index contributed by atoms with van der Waals surface area (Å²) in [5.74, 6) is -2.26. The molecule has 9 nitrogen and oxygen atoms in total. The molecule has 1 aliphatic rings. The van der Waals surface area contributed by atoms with Gasteiger partial charge in [-0.15, -0.1) is 0 Å². The van der Waals surface area contributed by atoms with E-state index in [1.165, 1.54) is 0 Å². The first-order valence-electron chi connectivity index (χ1n) is 11.9. The second-order valence-electron chi connectivity index (χ2n) is 9.66. The van der Waals surface area contributed by atoms with Gasteiger partial charge in [0.25, 0.3) is 11.8 Å². The lowest BCUT2D eigenvalue weighted by Crippen LogP contribution is -2.55. The first kappa shape index (κ1) is 27.1. The summed E-state index contributed by atoms with van der Waals surface area (Å²) in [5.41, 5.74) is -0.125. The van der Waals surface area contributed by atoms with Crippen molar-refractivity contribution in [3.63, 3.8) is 0 Å². The fourth-order valence-corrected chi connectivity index (χ4v) is 3.77. The molecule has 1 fully saturated rings. The smallest absolute Gasteiger partial charge is 0.407 e. The van der Waals surface area contributed by atoms with E-state index in [0.29, 0.717) is 29.6 Å². The van der Waals surface area contributed by atoms with E-state index < -0.39 is 36.1 Å². The van der Waals surface area contributed by atoms with Crippen molar-refractivity contribution >= 4 is 23.6 Å². The molecule has 0 aliphatic carbocycles. The summed E-state index contributed by atoms with van der Waals surface area (Å²) in [5, 5.41) is 5.62. The molecule has 2 aromatic rings. The predicted molar refractivity (Wildman–Crippen MR) is 131 cm³/mol. The Morgan fingerprint density at radius 1 is 1.22 bits per heavy atom. The number of piperidine rings is 1. The number of pyridine rings is 2. The molecular formula is C25H33F2N5O4. The van der Waals surface area contributed by atoms with Crippen LogP contribution in [0.15, 0.2) is 30.5 Å². The van der Waals surface area contributed by atoms with Crippen LogP contribution in [0.1, 0.15) is 56.6 Å². The molecule has 0 spiro atoms. The number of hydrogen-bond acceptors (Lipinski definition) is 7. The molecule has 1 aliphatic heterocycles. The summed E-state index contributed by atoms with van der Waals surface area (Å²) in [4.78, 5) is 35.3. The third kappa shape index (κ3) is 7.50. The zero-order chi connectivity index (χ0) is 26.5. The second-order valence-corrected chi connectivity index (χ2v) is 9.66. The highest BCUT2D eigenvalue weighted by Crippen LogP contribution is 2.31. The molecule has 36 heavy (non-hydrogen) atoms. The van der Waals surface area contributed by atoms with E-state index in [4.69, 9.17) is 9.47 Å². The highest BCUT2D eigenvalue weighted by molar-refractivity contribution is 5.94. The topological polar surface area (TPSA) is 106 Å². The number of hydrogen-bond donors (Lipinski definition) is 2. The molecule has 196 valence electrons. The lowest BCUT2D eigenvalue weighted by Gasteiger charge is -2.39. The largest absolute Gasteiger partial charge is 0.494 e. The van der Waals surface area contributed by atoms with E-state index in [9.17, 15) is 18.4 Å². The minimum Gasteiger partial charge on any atom is -0.494 e. The fourth-order valence-electron chi connectivity index (χ4n) is 3.77. The summed E-state index contributed by atoms with van der Waals surface area (Å²) in [6.07, 6.45) is 0.549. The number of amides is 2. The third-order valence-electron chi connectivity index (χ3n) is 5.43. The molecule has 0 radical (unpaired) electrons. The Kier molecular flexibility index (Phi) is 8.31. The van der Waals surface area contributed by atoms with E-state index in [2.05, 4.69) is 20.6 Å². The summed E-state index contributed by atoms with van der Waals surface area (Å²) in [6.45, 7) is 8.45. The van der Waals surface area contributed by atoms with Gasteiger partial charge in [-0.2, -0.15) is 0 Å². The molecule has 2 aromatic heterocycles. The molecule has 11 heteroatoms. The molecule has 3 rings (SSSR count). The number of carbonyl (C=O) groups is 2. The zero-order valence-corrected chi connectivity index (χ0v) is 21.2. The lowest BCUT2D eigenvalue weighted by atomic mass is 9.98. The van der Waals surface area contributed by atoms with Crippen LogP contribution in [0.25, 0.3) is 0 Å². The maximum Gasteiger partial charge on any atom is 0.407 e. The molecular weight excluding hydrogens is 472 g/mol. The number of likely N-dealkylation sites (tertiary alicyclic amines) is 1. The van der Waals surface area contributed by atoms with Crippen molar-refractivity contribution in [2.45, 2.75) is 65.0 Å². The Morgan fingerprint density at radius 3 is 2.67 bits per heavy atom. The Bertz CT molecular complexity index is 1090. The molecule has 0 saturated carbocycles. The van der Waals surface area contributed by atoms with Crippen LogP contribution < -0.4 is 15.4 Å². The van der Waals surface area contributed by atoms with Crippen molar-refractivity contribution in [2.24, 2.45) is 0 Å². The van der Waals surface area contributed by atoms with Gasteiger partial charge in [0, 0.05) is 25.2 Å². The standard InChI is InChI=1S/C25H33F2N5O4/c1-6-35-18-10-12-28-20(13-18)30-19-8-7-16(2)21(31-19)22(33)32-15-25(26,27)11-9-17(32)14-29-23(34)36-24(3,4)5/h7-8,10,12-13,17H,6,9,11,14-15H2,1-5H3,(H,29,34)(H,28,30,31)/t17-/m1/s1. The average molecular weight is 506 g/mol. The molecule has 1 saturated heterocycles. The van der Waals surface area contributed by atoms with E-state index in [1.54, 1.807) is 58.2 Å². The van der Waals surface area contributed by atoms with Crippen molar-refractivity contribution < 1.29 is 27.8 Å². The molecule has 0 aromatic carbocycles. The Morgan fingerprint density at radius 2 is 1.97 bits per heavy atom. The quantitative estimate of drug-likeness (QED) is 0.562. The van der Waals surface area contributed by atoms with Crippen LogP contribution in [0.2, 0.25) is 0 Å². The summed E-state index contributed by atoms with van der Waals surface area (Å²) >= 11 is 0. The molecule has 2 amide bonds. The van der Waals surface area contributed by atoms with Gasteiger partial charge in [-0.25, -0.2) is 23.5 Å². The Hall–Kier alpha value is -3.50. The molecule has 3 heterocycles. The SMILES string of the molecule is CCOc1ccnc(Nc2ccc(C)c(C(=O)N3CC(F)(F)CC[C@@H]3CNC(=O)OC(C)(C)C)n2)c1. The third-order valence-corrected chi connectivity index (χ3v) is 5.43. The monoisotopic (exact) mass is 505 g/mol. The van der Waals surface area contributed by atoms with Crippen LogP contribution in [-0.4, -0.2) is 64.1 Å². The maximum absolute atomic E-state index is 14.3. The molecule has 2 N–H and O–H groups in total. The van der Waals surface area contributed by atoms with Gasteiger partial charge in [-0.3, -0.25) is 4.79 Å².